The minimum Gasteiger partial charge on any atom is -0.395 e. The first-order valence-corrected chi connectivity index (χ1v) is 10.5. The first kappa shape index (κ1) is 21.7. The molecule has 5 heteroatoms. The highest BCUT2D eigenvalue weighted by Gasteiger charge is 2.21. The predicted molar refractivity (Wildman–Crippen MR) is 112 cm³/mol. The van der Waals surface area contributed by atoms with E-state index >= 15 is 0 Å². The predicted octanol–water partition coefficient (Wildman–Crippen LogP) is 2.99. The van der Waals surface area contributed by atoms with Crippen LogP contribution in [-0.4, -0.2) is 59.8 Å². The van der Waals surface area contributed by atoms with E-state index < -0.39 is 0 Å². The van der Waals surface area contributed by atoms with Gasteiger partial charge in [0.2, 0.25) is 5.95 Å². The zero-order valence-electron chi connectivity index (χ0n) is 17.3. The second kappa shape index (κ2) is 11.9. The number of aromatic nitrogens is 2. The molecule has 1 aromatic rings. The van der Waals surface area contributed by atoms with Crippen molar-refractivity contribution in [2.45, 2.75) is 52.4 Å². The molecule has 0 bridgehead atoms. The number of hydrogen-bond donors (Lipinski definition) is 1. The summed E-state index contributed by atoms with van der Waals surface area (Å²) in [6.07, 6.45) is 10.9. The Morgan fingerprint density at radius 1 is 1.15 bits per heavy atom. The molecule has 150 valence electrons. The van der Waals surface area contributed by atoms with Crippen LogP contribution in [0.2, 0.25) is 0 Å². The van der Waals surface area contributed by atoms with Gasteiger partial charge < -0.3 is 10.0 Å². The Hall–Kier alpha value is -1.64. The molecule has 1 saturated carbocycles. The fraction of sp³-hybridized carbons (Fsp3) is 0.727. The summed E-state index contributed by atoms with van der Waals surface area (Å²) < 4.78 is 0. The monoisotopic (exact) mass is 372 g/mol. The molecule has 1 aliphatic carbocycles. The summed E-state index contributed by atoms with van der Waals surface area (Å²) in [6, 6.07) is 0. The number of hydrogen-bond acceptors (Lipinski definition) is 5. The molecule has 0 saturated heterocycles. The van der Waals surface area contributed by atoms with Crippen LogP contribution >= 0.6 is 0 Å². The summed E-state index contributed by atoms with van der Waals surface area (Å²) in [5, 5.41) is 9.03. The van der Waals surface area contributed by atoms with Gasteiger partial charge in [-0.2, -0.15) is 0 Å². The van der Waals surface area contributed by atoms with Gasteiger partial charge in [0.15, 0.2) is 0 Å². The van der Waals surface area contributed by atoms with Gasteiger partial charge in [-0.05, 0) is 50.1 Å². The van der Waals surface area contributed by atoms with Crippen molar-refractivity contribution in [3.8, 4) is 11.8 Å². The Bertz CT molecular complexity index is 585. The number of likely N-dealkylation sites (N-methyl/N-ethyl adjacent to an activating group) is 1. The average Bonchev–Trinajstić information content (AvgIpc) is 2.69. The second-order valence-electron chi connectivity index (χ2n) is 7.65. The number of aliphatic hydroxyl groups is 1. The summed E-state index contributed by atoms with van der Waals surface area (Å²) in [5.74, 6) is 8.85. The molecule has 0 radical (unpaired) electrons. The first-order chi connectivity index (χ1) is 13.2. The van der Waals surface area contributed by atoms with Crippen molar-refractivity contribution < 1.29 is 5.11 Å². The van der Waals surface area contributed by atoms with Gasteiger partial charge in [0.1, 0.15) is 0 Å². The molecule has 27 heavy (non-hydrogen) atoms. The summed E-state index contributed by atoms with van der Waals surface area (Å²) in [7, 11) is 2.10. The fourth-order valence-corrected chi connectivity index (χ4v) is 3.71. The van der Waals surface area contributed by atoms with Gasteiger partial charge in [0, 0.05) is 38.4 Å². The molecule has 0 amide bonds. The van der Waals surface area contributed by atoms with Crippen LogP contribution in [0.3, 0.4) is 0 Å². The van der Waals surface area contributed by atoms with Crippen LogP contribution in [0.4, 0.5) is 5.95 Å². The van der Waals surface area contributed by atoms with E-state index in [9.17, 15) is 0 Å². The van der Waals surface area contributed by atoms with Gasteiger partial charge in [0.05, 0.1) is 13.2 Å². The van der Waals surface area contributed by atoms with Crippen LogP contribution in [-0.2, 0) is 6.42 Å². The van der Waals surface area contributed by atoms with E-state index in [0.717, 1.165) is 38.4 Å². The van der Waals surface area contributed by atoms with Crippen molar-refractivity contribution in [2.24, 2.45) is 11.8 Å². The van der Waals surface area contributed by atoms with Gasteiger partial charge in [-0.15, -0.1) is 0 Å². The normalized spacial score (nSPS) is 19.6. The van der Waals surface area contributed by atoms with E-state index in [4.69, 9.17) is 5.11 Å². The first-order valence-electron chi connectivity index (χ1n) is 10.5. The quantitative estimate of drug-likeness (QED) is 0.676. The van der Waals surface area contributed by atoms with E-state index in [-0.39, 0.29) is 6.61 Å². The lowest BCUT2D eigenvalue weighted by molar-refractivity contribution is 0.216. The Morgan fingerprint density at radius 3 is 2.44 bits per heavy atom. The fourth-order valence-electron chi connectivity index (χ4n) is 3.71. The third-order valence-electron chi connectivity index (χ3n) is 5.42. The smallest absolute Gasteiger partial charge is 0.224 e. The van der Waals surface area contributed by atoms with Crippen molar-refractivity contribution in [1.82, 2.24) is 14.9 Å². The Balaban J connectivity index is 1.74. The maximum absolute atomic E-state index is 9.03. The molecule has 0 aromatic carbocycles. The van der Waals surface area contributed by atoms with Crippen LogP contribution in [0.5, 0.6) is 0 Å². The van der Waals surface area contributed by atoms with Crippen LogP contribution in [0, 0.1) is 23.7 Å². The molecule has 0 atom stereocenters. The van der Waals surface area contributed by atoms with Crippen LogP contribution in [0.1, 0.15) is 51.5 Å². The molecule has 5 nitrogen and oxygen atoms in total. The number of nitrogens with zero attached hydrogens (tertiary/aromatic N) is 4. The van der Waals surface area contributed by atoms with E-state index in [1.165, 1.54) is 31.2 Å². The third kappa shape index (κ3) is 7.48. The summed E-state index contributed by atoms with van der Waals surface area (Å²) in [4.78, 5) is 13.4. The van der Waals surface area contributed by atoms with Gasteiger partial charge in [0.25, 0.3) is 0 Å². The summed E-state index contributed by atoms with van der Waals surface area (Å²) in [5.41, 5.74) is 1.22. The second-order valence-corrected chi connectivity index (χ2v) is 7.65. The Labute approximate surface area is 165 Å². The molecule has 1 fully saturated rings. The average molecular weight is 373 g/mol. The van der Waals surface area contributed by atoms with Crippen molar-refractivity contribution in [3.05, 3.63) is 18.0 Å². The molecular weight excluding hydrogens is 336 g/mol. The minimum absolute atomic E-state index is 0.208. The number of aliphatic hydroxyl groups excluding tert-OH is 1. The molecule has 1 heterocycles. The molecule has 2 rings (SSSR count). The maximum atomic E-state index is 9.03. The van der Waals surface area contributed by atoms with Crippen molar-refractivity contribution in [2.75, 3.05) is 44.7 Å². The number of aryl methyl sites for hydroxylation is 1. The molecule has 0 spiro atoms. The highest BCUT2D eigenvalue weighted by atomic mass is 16.3. The zero-order chi connectivity index (χ0) is 19.5. The summed E-state index contributed by atoms with van der Waals surface area (Å²) in [6.45, 7) is 7.94. The van der Waals surface area contributed by atoms with Crippen LogP contribution in [0.15, 0.2) is 12.4 Å². The molecule has 1 aliphatic rings. The number of anilines is 1. The van der Waals surface area contributed by atoms with E-state index in [1.807, 2.05) is 12.4 Å². The van der Waals surface area contributed by atoms with E-state index in [2.05, 4.69) is 52.5 Å². The van der Waals surface area contributed by atoms with Crippen molar-refractivity contribution >= 4 is 5.95 Å². The molecule has 0 aliphatic heterocycles. The molecule has 1 aromatic heterocycles. The van der Waals surface area contributed by atoms with E-state index in [0.29, 0.717) is 18.4 Å². The largest absolute Gasteiger partial charge is 0.395 e. The van der Waals surface area contributed by atoms with Crippen molar-refractivity contribution in [1.29, 1.82) is 0 Å². The lowest BCUT2D eigenvalue weighted by Gasteiger charge is -2.29. The number of rotatable bonds is 9. The molecule has 1 N–H and O–H groups in total. The lowest BCUT2D eigenvalue weighted by atomic mass is 9.82. The third-order valence-corrected chi connectivity index (χ3v) is 5.42. The molecular formula is C22H36N4O. The summed E-state index contributed by atoms with van der Waals surface area (Å²) >= 11 is 0. The SMILES string of the molecule is CCCc1cnc(N(C)CC2CCC(C#CCN(CC)CCO)CC2)nc1. The van der Waals surface area contributed by atoms with E-state index in [1.54, 1.807) is 0 Å². The van der Waals surface area contributed by atoms with Crippen LogP contribution in [0.25, 0.3) is 0 Å². The zero-order valence-corrected chi connectivity index (χ0v) is 17.3. The topological polar surface area (TPSA) is 52.5 Å². The highest BCUT2D eigenvalue weighted by Crippen LogP contribution is 2.29. The minimum atomic E-state index is 0.208. The van der Waals surface area contributed by atoms with Crippen LogP contribution < -0.4 is 4.90 Å². The van der Waals surface area contributed by atoms with Gasteiger partial charge in [-0.3, -0.25) is 4.90 Å². The van der Waals surface area contributed by atoms with Gasteiger partial charge >= 0.3 is 0 Å². The Kier molecular flexibility index (Phi) is 9.58. The maximum Gasteiger partial charge on any atom is 0.224 e. The Morgan fingerprint density at radius 2 is 1.85 bits per heavy atom. The highest BCUT2D eigenvalue weighted by molar-refractivity contribution is 5.28. The lowest BCUT2D eigenvalue weighted by Crippen LogP contribution is -2.29. The standard InChI is InChI=1S/C22H36N4O/c1-4-7-21-16-23-22(24-17-21)25(3)18-20-11-9-19(10-12-20)8-6-13-26(5-2)14-15-27/h16-17,19-20,27H,4-5,7,9-15,18H2,1-3H3. The molecule has 0 unspecified atom stereocenters. The van der Waals surface area contributed by atoms with Gasteiger partial charge in [-0.1, -0.05) is 32.1 Å². The van der Waals surface area contributed by atoms with Gasteiger partial charge in [-0.25, -0.2) is 9.97 Å². The van der Waals surface area contributed by atoms with Crippen molar-refractivity contribution in [3.63, 3.8) is 0 Å².